The highest BCUT2D eigenvalue weighted by molar-refractivity contribution is 5.79. The second kappa shape index (κ2) is 6.00. The summed E-state index contributed by atoms with van der Waals surface area (Å²) >= 11 is 0. The van der Waals surface area contributed by atoms with Crippen LogP contribution in [0.4, 0.5) is 4.39 Å². The molecule has 1 saturated carbocycles. The van der Waals surface area contributed by atoms with Crippen molar-refractivity contribution >= 4 is 5.91 Å². The van der Waals surface area contributed by atoms with Gasteiger partial charge in [0, 0.05) is 18.9 Å². The lowest BCUT2D eigenvalue weighted by atomic mass is 9.90. The predicted molar refractivity (Wildman–Crippen MR) is 81.1 cm³/mol. The lowest BCUT2D eigenvalue weighted by Crippen LogP contribution is -2.34. The van der Waals surface area contributed by atoms with E-state index < -0.39 is 0 Å². The van der Waals surface area contributed by atoms with Crippen molar-refractivity contribution < 1.29 is 9.18 Å². The van der Waals surface area contributed by atoms with E-state index >= 15 is 0 Å². The molecule has 1 heterocycles. The van der Waals surface area contributed by atoms with Gasteiger partial charge in [-0.3, -0.25) is 4.79 Å². The number of rotatable bonds is 4. The third-order valence-electron chi connectivity index (χ3n) is 4.92. The zero-order valence-corrected chi connectivity index (χ0v) is 12.3. The molecule has 1 saturated heterocycles. The van der Waals surface area contributed by atoms with E-state index in [1.807, 2.05) is 23.1 Å². The van der Waals surface area contributed by atoms with Gasteiger partial charge in [0.05, 0.1) is 6.04 Å². The average molecular weight is 287 g/mol. The van der Waals surface area contributed by atoms with Crippen molar-refractivity contribution in [2.75, 3.05) is 6.54 Å². The molecular weight excluding hydrogens is 265 g/mol. The quantitative estimate of drug-likeness (QED) is 0.764. The monoisotopic (exact) mass is 287 g/mol. The lowest BCUT2D eigenvalue weighted by Gasteiger charge is -2.33. The van der Waals surface area contributed by atoms with Crippen molar-refractivity contribution in [3.8, 4) is 0 Å². The summed E-state index contributed by atoms with van der Waals surface area (Å²) in [6.45, 7) is 4.58. The molecule has 0 bridgehead atoms. The number of nitrogens with zero attached hydrogens (tertiary/aromatic N) is 1. The Kier molecular flexibility index (Phi) is 4.09. The van der Waals surface area contributed by atoms with Crippen LogP contribution in [0.2, 0.25) is 0 Å². The molecule has 2 nitrogen and oxygen atoms in total. The van der Waals surface area contributed by atoms with Gasteiger partial charge in [-0.25, -0.2) is 4.39 Å². The first-order valence-corrected chi connectivity index (χ1v) is 7.86. The van der Waals surface area contributed by atoms with Gasteiger partial charge in [-0.05, 0) is 36.5 Å². The molecule has 2 aliphatic rings. The minimum Gasteiger partial charge on any atom is -0.335 e. The Morgan fingerprint density at radius 1 is 1.24 bits per heavy atom. The maximum absolute atomic E-state index is 13.2. The zero-order chi connectivity index (χ0) is 14.8. The van der Waals surface area contributed by atoms with E-state index in [-0.39, 0.29) is 23.7 Å². The summed E-state index contributed by atoms with van der Waals surface area (Å²) in [7, 11) is 0. The largest absolute Gasteiger partial charge is 0.335 e. The molecule has 1 amide bonds. The van der Waals surface area contributed by atoms with Crippen molar-refractivity contribution in [1.29, 1.82) is 0 Å². The number of hydrogen-bond donors (Lipinski definition) is 0. The smallest absolute Gasteiger partial charge is 0.223 e. The molecule has 0 N–H and O–H groups in total. The lowest BCUT2D eigenvalue weighted by molar-refractivity contribution is -0.130. The van der Waals surface area contributed by atoms with E-state index in [2.05, 4.69) is 6.58 Å². The third kappa shape index (κ3) is 2.87. The summed E-state index contributed by atoms with van der Waals surface area (Å²) in [5.74, 6) is 0.742. The topological polar surface area (TPSA) is 20.3 Å². The maximum Gasteiger partial charge on any atom is 0.223 e. The zero-order valence-electron chi connectivity index (χ0n) is 12.3. The summed E-state index contributed by atoms with van der Waals surface area (Å²) in [6, 6.07) is 6.79. The molecule has 1 aliphatic carbocycles. The number of halogens is 1. The van der Waals surface area contributed by atoms with Crippen LogP contribution in [0.15, 0.2) is 36.9 Å². The van der Waals surface area contributed by atoms with Crippen molar-refractivity contribution in [2.24, 2.45) is 11.8 Å². The first-order chi connectivity index (χ1) is 10.2. The maximum atomic E-state index is 13.2. The first-order valence-electron chi connectivity index (χ1n) is 7.86. The number of likely N-dealkylation sites (tertiary alicyclic amines) is 1. The highest BCUT2D eigenvalue weighted by Gasteiger charge is 2.38. The SMILES string of the molecule is C=CC1CC(=O)N(C(c2ccc(F)cc2)C2CCCC2)C1. The van der Waals surface area contributed by atoms with Crippen LogP contribution in [-0.2, 0) is 4.79 Å². The van der Waals surface area contributed by atoms with E-state index in [1.165, 1.54) is 25.0 Å². The molecule has 0 spiro atoms. The van der Waals surface area contributed by atoms with Gasteiger partial charge in [0.2, 0.25) is 5.91 Å². The van der Waals surface area contributed by atoms with E-state index in [0.717, 1.165) is 24.9 Å². The molecule has 21 heavy (non-hydrogen) atoms. The number of benzene rings is 1. The summed E-state index contributed by atoms with van der Waals surface area (Å²) in [4.78, 5) is 14.4. The van der Waals surface area contributed by atoms with Gasteiger partial charge < -0.3 is 4.90 Å². The highest BCUT2D eigenvalue weighted by atomic mass is 19.1. The van der Waals surface area contributed by atoms with Gasteiger partial charge in [0.15, 0.2) is 0 Å². The predicted octanol–water partition coefficient (Wildman–Crippen LogP) is 4.09. The van der Waals surface area contributed by atoms with Crippen molar-refractivity contribution in [3.63, 3.8) is 0 Å². The van der Waals surface area contributed by atoms with Crippen LogP contribution in [0.5, 0.6) is 0 Å². The minimum absolute atomic E-state index is 0.102. The van der Waals surface area contributed by atoms with Crippen LogP contribution < -0.4 is 0 Å². The Morgan fingerprint density at radius 2 is 1.90 bits per heavy atom. The molecule has 2 atom stereocenters. The highest BCUT2D eigenvalue weighted by Crippen LogP contribution is 2.42. The Balaban J connectivity index is 1.90. The first kappa shape index (κ1) is 14.3. The van der Waals surface area contributed by atoms with Crippen LogP contribution in [0.1, 0.15) is 43.7 Å². The molecule has 1 aromatic rings. The van der Waals surface area contributed by atoms with Crippen molar-refractivity contribution in [3.05, 3.63) is 48.3 Å². The minimum atomic E-state index is -0.222. The molecular formula is C18H22FNO. The normalized spacial score (nSPS) is 24.5. The molecule has 0 radical (unpaired) electrons. The van der Waals surface area contributed by atoms with E-state index in [1.54, 1.807) is 0 Å². The van der Waals surface area contributed by atoms with E-state index in [0.29, 0.717) is 12.3 Å². The van der Waals surface area contributed by atoms with Crippen LogP contribution in [0.3, 0.4) is 0 Å². The Labute approximate surface area is 125 Å². The van der Waals surface area contributed by atoms with Crippen LogP contribution in [-0.4, -0.2) is 17.4 Å². The average Bonchev–Trinajstić information content (AvgIpc) is 3.12. The molecule has 3 rings (SSSR count). The number of carbonyl (C=O) groups excluding carboxylic acids is 1. The Hall–Kier alpha value is -1.64. The standard InChI is InChI=1S/C18H22FNO/c1-2-13-11-17(21)20(12-13)18(14-5-3-4-6-14)15-7-9-16(19)10-8-15/h2,7-10,13-14,18H,1,3-6,11-12H2. The fraction of sp³-hybridized carbons (Fsp3) is 0.500. The second-order valence-corrected chi connectivity index (χ2v) is 6.29. The van der Waals surface area contributed by atoms with Crippen molar-refractivity contribution in [1.82, 2.24) is 4.90 Å². The van der Waals surface area contributed by atoms with Gasteiger partial charge in [0.1, 0.15) is 5.82 Å². The summed E-state index contributed by atoms with van der Waals surface area (Å²) in [6.07, 6.45) is 7.22. The molecule has 2 unspecified atom stereocenters. The molecule has 0 aromatic heterocycles. The summed E-state index contributed by atoms with van der Waals surface area (Å²) in [5.41, 5.74) is 1.07. The van der Waals surface area contributed by atoms with E-state index in [4.69, 9.17) is 0 Å². The van der Waals surface area contributed by atoms with Gasteiger partial charge in [-0.15, -0.1) is 6.58 Å². The van der Waals surface area contributed by atoms with Crippen LogP contribution in [0, 0.1) is 17.7 Å². The second-order valence-electron chi connectivity index (χ2n) is 6.29. The molecule has 112 valence electrons. The molecule has 1 aromatic carbocycles. The number of hydrogen-bond acceptors (Lipinski definition) is 1. The van der Waals surface area contributed by atoms with Crippen LogP contribution in [0.25, 0.3) is 0 Å². The molecule has 2 fully saturated rings. The Morgan fingerprint density at radius 3 is 2.48 bits per heavy atom. The van der Waals surface area contributed by atoms with E-state index in [9.17, 15) is 9.18 Å². The van der Waals surface area contributed by atoms with Crippen LogP contribution >= 0.6 is 0 Å². The van der Waals surface area contributed by atoms with Gasteiger partial charge in [-0.2, -0.15) is 0 Å². The number of carbonyl (C=O) groups is 1. The third-order valence-corrected chi connectivity index (χ3v) is 4.92. The van der Waals surface area contributed by atoms with Gasteiger partial charge >= 0.3 is 0 Å². The summed E-state index contributed by atoms with van der Waals surface area (Å²) in [5, 5.41) is 0. The fourth-order valence-electron chi connectivity index (χ4n) is 3.83. The number of amides is 1. The molecule has 3 heteroatoms. The Bertz CT molecular complexity index is 519. The van der Waals surface area contributed by atoms with Crippen molar-refractivity contribution in [2.45, 2.75) is 38.1 Å². The molecule has 1 aliphatic heterocycles. The van der Waals surface area contributed by atoms with Gasteiger partial charge in [0.25, 0.3) is 0 Å². The van der Waals surface area contributed by atoms with Gasteiger partial charge in [-0.1, -0.05) is 31.1 Å². The summed E-state index contributed by atoms with van der Waals surface area (Å²) < 4.78 is 13.2. The fourth-order valence-corrected chi connectivity index (χ4v) is 3.83.